The molecule has 0 amide bonds. The van der Waals surface area contributed by atoms with E-state index in [2.05, 4.69) is 12.2 Å². The van der Waals surface area contributed by atoms with Gasteiger partial charge < -0.3 is 29.0 Å². The lowest BCUT2D eigenvalue weighted by molar-refractivity contribution is -0.223. The molecule has 2 saturated heterocycles. The molecule has 0 radical (unpaired) electrons. The minimum Gasteiger partial charge on any atom is -0.466 e. The average Bonchev–Trinajstić information content (AvgIpc) is 3.37. The number of hydrogen-bond donors (Lipinski definition) is 1. The van der Waals surface area contributed by atoms with Gasteiger partial charge in [0.1, 0.15) is 18.3 Å². The third kappa shape index (κ3) is 10.2. The van der Waals surface area contributed by atoms with Gasteiger partial charge in [0.2, 0.25) is 0 Å². The first-order chi connectivity index (χ1) is 18.4. The molecule has 0 bridgehead atoms. The first kappa shape index (κ1) is 31.0. The second-order valence-electron chi connectivity index (χ2n) is 11.1. The third-order valence-electron chi connectivity index (χ3n) is 7.34. The lowest BCUT2D eigenvalue weighted by Crippen LogP contribution is -2.50. The molecule has 5 atom stereocenters. The first-order valence-electron chi connectivity index (χ1n) is 15.0. The fourth-order valence-corrected chi connectivity index (χ4v) is 5.39. The zero-order chi connectivity index (χ0) is 27.2. The fourth-order valence-electron chi connectivity index (χ4n) is 5.39. The second-order valence-corrected chi connectivity index (χ2v) is 11.1. The van der Waals surface area contributed by atoms with E-state index < -0.39 is 18.2 Å². The van der Waals surface area contributed by atoms with E-state index in [1.54, 1.807) is 0 Å². The molecule has 0 aliphatic carbocycles. The van der Waals surface area contributed by atoms with Crippen LogP contribution in [0.1, 0.15) is 104 Å². The topological polar surface area (TPSA) is 75.3 Å². The molecule has 0 aromatic heterocycles. The maximum atomic E-state index is 12.5. The number of unbranched alkanes of at least 4 members (excludes halogenated alkanes) is 9. The number of esters is 1. The second kappa shape index (κ2) is 16.6. The number of ether oxygens (including phenoxy) is 5. The summed E-state index contributed by atoms with van der Waals surface area (Å²) in [4.78, 5) is 12.5. The number of nitrogens with one attached hydrogen (secondary N) is 1. The van der Waals surface area contributed by atoms with Gasteiger partial charge in [-0.25, -0.2) is 0 Å². The van der Waals surface area contributed by atoms with Crippen molar-refractivity contribution >= 4 is 5.97 Å². The van der Waals surface area contributed by atoms with Crippen molar-refractivity contribution in [3.8, 4) is 0 Å². The molecule has 216 valence electrons. The predicted octanol–water partition coefficient (Wildman–Crippen LogP) is 6.28. The van der Waals surface area contributed by atoms with Gasteiger partial charge in [0, 0.05) is 6.04 Å². The van der Waals surface area contributed by atoms with E-state index in [1.165, 1.54) is 57.8 Å². The van der Waals surface area contributed by atoms with Crippen LogP contribution >= 0.6 is 0 Å². The molecular weight excluding hydrogens is 482 g/mol. The van der Waals surface area contributed by atoms with Crippen LogP contribution in [0.4, 0.5) is 0 Å². The molecule has 7 heteroatoms. The molecular formula is C31H51NO6. The Morgan fingerprint density at radius 3 is 2.26 bits per heavy atom. The van der Waals surface area contributed by atoms with Gasteiger partial charge in [-0.3, -0.25) is 4.79 Å². The Morgan fingerprint density at radius 2 is 1.61 bits per heavy atom. The maximum absolute atomic E-state index is 12.5. The maximum Gasteiger partial charge on any atom is 0.307 e. The molecule has 7 nitrogen and oxygen atoms in total. The van der Waals surface area contributed by atoms with Gasteiger partial charge in [-0.15, -0.1) is 0 Å². The van der Waals surface area contributed by atoms with Crippen molar-refractivity contribution in [1.82, 2.24) is 5.32 Å². The van der Waals surface area contributed by atoms with E-state index in [-0.39, 0.29) is 30.6 Å². The molecule has 3 rings (SSSR count). The van der Waals surface area contributed by atoms with E-state index >= 15 is 0 Å². The normalized spacial score (nSPS) is 24.8. The zero-order valence-corrected chi connectivity index (χ0v) is 24.1. The number of rotatable bonds is 19. The van der Waals surface area contributed by atoms with E-state index in [0.29, 0.717) is 13.2 Å². The van der Waals surface area contributed by atoms with Gasteiger partial charge in [-0.1, -0.05) is 95.0 Å². The number of carbonyl (C=O) groups excluding carboxylic acids is 1. The summed E-state index contributed by atoms with van der Waals surface area (Å²) in [5.41, 5.74) is 1.08. The van der Waals surface area contributed by atoms with Crippen molar-refractivity contribution in [3.05, 3.63) is 35.9 Å². The molecule has 0 spiro atoms. The predicted molar refractivity (Wildman–Crippen MR) is 149 cm³/mol. The van der Waals surface area contributed by atoms with Crippen molar-refractivity contribution < 1.29 is 28.5 Å². The quantitative estimate of drug-likeness (QED) is 0.166. The van der Waals surface area contributed by atoms with Gasteiger partial charge in [0.05, 0.1) is 19.6 Å². The highest BCUT2D eigenvalue weighted by Crippen LogP contribution is 2.40. The Labute approximate surface area is 230 Å². The molecule has 0 saturated carbocycles. The Kier molecular flexibility index (Phi) is 13.5. The standard InChI is InChI=1S/C31H51NO6/c1-5-7-8-9-10-11-12-13-14-18-21-32-25(22-26(33)34-6-2)27-28(35-23-24-19-16-15-17-20-24)29-30(36-27)38-31(3,4)37-29/h15-17,19-20,25,27-30,32H,5-14,18,21-23H2,1-4H3/t25-,27-,28+,29-,30-/m1/s1. The van der Waals surface area contributed by atoms with Crippen LogP contribution < -0.4 is 5.32 Å². The lowest BCUT2D eigenvalue weighted by Gasteiger charge is -2.31. The Balaban J connectivity index is 1.54. The van der Waals surface area contributed by atoms with Crippen molar-refractivity contribution in [2.24, 2.45) is 0 Å². The summed E-state index contributed by atoms with van der Waals surface area (Å²) in [6.07, 6.45) is 11.4. The lowest BCUT2D eigenvalue weighted by atomic mass is 10.00. The molecule has 2 aliphatic rings. The van der Waals surface area contributed by atoms with E-state index in [1.807, 2.05) is 51.1 Å². The molecule has 0 unspecified atom stereocenters. The summed E-state index contributed by atoms with van der Waals surface area (Å²) >= 11 is 0. The van der Waals surface area contributed by atoms with Gasteiger partial charge in [0.15, 0.2) is 12.1 Å². The highest BCUT2D eigenvalue weighted by Gasteiger charge is 2.57. The Morgan fingerprint density at radius 1 is 0.947 bits per heavy atom. The molecule has 1 aromatic carbocycles. The van der Waals surface area contributed by atoms with Crippen molar-refractivity contribution in [3.63, 3.8) is 0 Å². The Hall–Kier alpha value is -1.51. The number of hydrogen-bond acceptors (Lipinski definition) is 7. The molecule has 1 N–H and O–H groups in total. The summed E-state index contributed by atoms with van der Waals surface area (Å²) in [7, 11) is 0. The fraction of sp³-hybridized carbons (Fsp3) is 0.774. The van der Waals surface area contributed by atoms with Gasteiger partial charge in [-0.2, -0.15) is 0 Å². The van der Waals surface area contributed by atoms with E-state index in [0.717, 1.165) is 18.5 Å². The van der Waals surface area contributed by atoms with Crippen LogP contribution in [0.5, 0.6) is 0 Å². The molecule has 2 fully saturated rings. The molecule has 1 aromatic rings. The summed E-state index contributed by atoms with van der Waals surface area (Å²) in [5.74, 6) is -0.980. The van der Waals surface area contributed by atoms with Crippen LogP contribution in [0.15, 0.2) is 30.3 Å². The number of benzene rings is 1. The monoisotopic (exact) mass is 533 g/mol. The third-order valence-corrected chi connectivity index (χ3v) is 7.34. The van der Waals surface area contributed by atoms with Crippen LogP contribution in [0, 0.1) is 0 Å². The SMILES string of the molecule is CCCCCCCCCCCCN[C@H](CC(=O)OCC)[C@H]1O[C@@H]2OC(C)(C)O[C@@H]2[C@H]1OCc1ccccc1. The van der Waals surface area contributed by atoms with Crippen molar-refractivity contribution in [2.75, 3.05) is 13.2 Å². The average molecular weight is 534 g/mol. The van der Waals surface area contributed by atoms with E-state index in [4.69, 9.17) is 23.7 Å². The summed E-state index contributed by atoms with van der Waals surface area (Å²) in [6, 6.07) is 9.81. The van der Waals surface area contributed by atoms with Crippen LogP contribution in [-0.2, 0) is 35.1 Å². The van der Waals surface area contributed by atoms with Crippen molar-refractivity contribution in [2.45, 2.75) is 141 Å². The van der Waals surface area contributed by atoms with Crippen LogP contribution in [0.25, 0.3) is 0 Å². The van der Waals surface area contributed by atoms with Crippen LogP contribution in [0.2, 0.25) is 0 Å². The highest BCUT2D eigenvalue weighted by atomic mass is 16.8. The summed E-state index contributed by atoms with van der Waals surface area (Å²) < 4.78 is 30.3. The summed E-state index contributed by atoms with van der Waals surface area (Å²) in [6.45, 7) is 9.47. The van der Waals surface area contributed by atoms with Gasteiger partial charge in [0.25, 0.3) is 0 Å². The Bertz CT molecular complexity index is 788. The van der Waals surface area contributed by atoms with E-state index in [9.17, 15) is 4.79 Å². The van der Waals surface area contributed by atoms with Crippen LogP contribution in [-0.4, -0.2) is 55.6 Å². The highest BCUT2D eigenvalue weighted by molar-refractivity contribution is 5.70. The van der Waals surface area contributed by atoms with Gasteiger partial charge in [-0.05, 0) is 39.3 Å². The zero-order valence-electron chi connectivity index (χ0n) is 24.1. The number of carbonyl (C=O) groups is 1. The van der Waals surface area contributed by atoms with Crippen LogP contribution in [0.3, 0.4) is 0 Å². The van der Waals surface area contributed by atoms with Gasteiger partial charge >= 0.3 is 5.97 Å². The minimum absolute atomic E-state index is 0.213. The van der Waals surface area contributed by atoms with Crippen molar-refractivity contribution in [1.29, 1.82) is 0 Å². The molecule has 2 aliphatic heterocycles. The number of fused-ring (bicyclic) bond motifs is 1. The minimum atomic E-state index is -0.741. The first-order valence-corrected chi connectivity index (χ1v) is 15.0. The molecule has 38 heavy (non-hydrogen) atoms. The summed E-state index contributed by atoms with van der Waals surface area (Å²) in [5, 5.41) is 3.60. The molecule has 2 heterocycles. The largest absolute Gasteiger partial charge is 0.466 e. The smallest absolute Gasteiger partial charge is 0.307 e.